The minimum atomic E-state index is 0.0258. The third-order valence-corrected chi connectivity index (χ3v) is 6.21. The molecule has 142 valence electrons. The molecule has 0 radical (unpaired) electrons. The van der Waals surface area contributed by atoms with Gasteiger partial charge in [-0.2, -0.15) is 0 Å². The van der Waals surface area contributed by atoms with E-state index in [0.717, 1.165) is 31.8 Å². The van der Waals surface area contributed by atoms with Crippen molar-refractivity contribution in [3.05, 3.63) is 86.8 Å². The van der Waals surface area contributed by atoms with E-state index in [2.05, 4.69) is 81.2 Å². The summed E-state index contributed by atoms with van der Waals surface area (Å²) in [6.07, 6.45) is 1.68. The average molecular weight is 389 g/mol. The molecule has 0 atom stereocenters. The summed E-state index contributed by atoms with van der Waals surface area (Å²) in [5.41, 5.74) is 5.74. The van der Waals surface area contributed by atoms with Gasteiger partial charge in [-0.1, -0.05) is 67.9 Å². The fourth-order valence-electron chi connectivity index (χ4n) is 3.52. The highest BCUT2D eigenvalue weighted by molar-refractivity contribution is 7.19. The first-order chi connectivity index (χ1) is 13.4. The summed E-state index contributed by atoms with van der Waals surface area (Å²) in [7, 11) is 0. The van der Waals surface area contributed by atoms with Gasteiger partial charge >= 0.3 is 0 Å². The molecule has 4 rings (SSSR count). The van der Waals surface area contributed by atoms with Crippen molar-refractivity contribution in [1.82, 2.24) is 9.55 Å². The molecule has 0 spiro atoms. The molecule has 4 heteroatoms. The normalized spacial score (nSPS) is 11.5. The first-order valence-corrected chi connectivity index (χ1v) is 10.4. The predicted molar refractivity (Wildman–Crippen MR) is 118 cm³/mol. The van der Waals surface area contributed by atoms with Crippen LogP contribution in [0.25, 0.3) is 21.3 Å². The number of aromatic nitrogens is 2. The van der Waals surface area contributed by atoms with Crippen molar-refractivity contribution in [3.8, 4) is 11.1 Å². The zero-order chi connectivity index (χ0) is 19.8. The molecule has 0 amide bonds. The van der Waals surface area contributed by atoms with Crippen molar-refractivity contribution in [3.63, 3.8) is 0 Å². The van der Waals surface area contributed by atoms with Crippen LogP contribution in [0.3, 0.4) is 0 Å². The molecule has 2 aromatic carbocycles. The number of rotatable bonds is 4. The molecule has 0 bridgehead atoms. The Morgan fingerprint density at radius 3 is 2.32 bits per heavy atom. The van der Waals surface area contributed by atoms with E-state index < -0.39 is 0 Å². The molecule has 2 heterocycles. The summed E-state index contributed by atoms with van der Waals surface area (Å²) in [5.74, 6) is 0.501. The maximum Gasteiger partial charge on any atom is 0.263 e. The Morgan fingerprint density at radius 2 is 1.68 bits per heavy atom. The van der Waals surface area contributed by atoms with Gasteiger partial charge in [0.2, 0.25) is 0 Å². The highest BCUT2D eigenvalue weighted by Gasteiger charge is 2.17. The van der Waals surface area contributed by atoms with E-state index in [1.165, 1.54) is 11.1 Å². The van der Waals surface area contributed by atoms with E-state index in [4.69, 9.17) is 0 Å². The summed E-state index contributed by atoms with van der Waals surface area (Å²) in [5, 5.41) is 0.729. The van der Waals surface area contributed by atoms with Crippen LogP contribution in [0.1, 0.15) is 41.3 Å². The fraction of sp³-hybridized carbons (Fsp3) is 0.250. The van der Waals surface area contributed by atoms with E-state index in [-0.39, 0.29) is 5.56 Å². The van der Waals surface area contributed by atoms with Crippen LogP contribution in [-0.2, 0) is 6.54 Å². The maximum atomic E-state index is 13.3. The smallest absolute Gasteiger partial charge is 0.263 e. The van der Waals surface area contributed by atoms with Crippen molar-refractivity contribution < 1.29 is 0 Å². The lowest BCUT2D eigenvalue weighted by molar-refractivity contribution is 0.748. The molecule has 0 fully saturated rings. The Kier molecular flexibility index (Phi) is 4.90. The van der Waals surface area contributed by atoms with Gasteiger partial charge in [0.05, 0.1) is 18.3 Å². The predicted octanol–water partition coefficient (Wildman–Crippen LogP) is 5.91. The number of hydrogen-bond donors (Lipinski definition) is 0. The Bertz CT molecular complexity index is 1180. The van der Waals surface area contributed by atoms with Crippen LogP contribution < -0.4 is 5.56 Å². The molecule has 0 saturated heterocycles. The Labute approximate surface area is 169 Å². The summed E-state index contributed by atoms with van der Waals surface area (Å²) in [4.78, 5) is 19.8. The van der Waals surface area contributed by atoms with Gasteiger partial charge in [0.25, 0.3) is 5.56 Å². The maximum absolute atomic E-state index is 13.3. The van der Waals surface area contributed by atoms with E-state index >= 15 is 0 Å². The van der Waals surface area contributed by atoms with Gasteiger partial charge in [-0.25, -0.2) is 4.98 Å². The first kappa shape index (κ1) is 18.6. The minimum absolute atomic E-state index is 0.0258. The molecule has 3 nitrogen and oxygen atoms in total. The van der Waals surface area contributed by atoms with Crippen LogP contribution in [-0.4, -0.2) is 9.55 Å². The van der Waals surface area contributed by atoms with Crippen molar-refractivity contribution in [2.45, 2.75) is 40.2 Å². The zero-order valence-corrected chi connectivity index (χ0v) is 17.5. The molecule has 0 saturated carbocycles. The monoisotopic (exact) mass is 388 g/mol. The summed E-state index contributed by atoms with van der Waals surface area (Å²) >= 11 is 1.59. The summed E-state index contributed by atoms with van der Waals surface area (Å²) in [6, 6.07) is 16.8. The van der Waals surface area contributed by atoms with Crippen LogP contribution in [0.15, 0.2) is 59.7 Å². The molecule has 0 aliphatic carbocycles. The fourth-order valence-corrected chi connectivity index (χ4v) is 4.53. The molecule has 28 heavy (non-hydrogen) atoms. The van der Waals surface area contributed by atoms with Crippen LogP contribution in [0.4, 0.5) is 0 Å². The number of aryl methyl sites for hydroxylation is 2. The zero-order valence-electron chi connectivity index (χ0n) is 16.7. The third-order valence-electron chi connectivity index (χ3n) is 5.19. The molecular weight excluding hydrogens is 364 g/mol. The van der Waals surface area contributed by atoms with Gasteiger partial charge < -0.3 is 0 Å². The molecular formula is C24H24N2OS. The van der Waals surface area contributed by atoms with E-state index in [1.54, 1.807) is 22.2 Å². The first-order valence-electron chi connectivity index (χ1n) is 9.58. The van der Waals surface area contributed by atoms with E-state index in [1.807, 2.05) is 0 Å². The lowest BCUT2D eigenvalue weighted by atomic mass is 10.0. The Hall–Kier alpha value is -2.72. The van der Waals surface area contributed by atoms with Crippen molar-refractivity contribution >= 4 is 21.6 Å². The molecule has 0 aliphatic heterocycles. The third kappa shape index (κ3) is 3.40. The minimum Gasteiger partial charge on any atom is -0.294 e. The highest BCUT2D eigenvalue weighted by Crippen LogP contribution is 2.35. The molecule has 0 aliphatic rings. The van der Waals surface area contributed by atoms with E-state index in [9.17, 15) is 4.79 Å². The van der Waals surface area contributed by atoms with E-state index in [0.29, 0.717) is 12.5 Å². The van der Waals surface area contributed by atoms with Crippen LogP contribution in [0.2, 0.25) is 0 Å². The van der Waals surface area contributed by atoms with Crippen LogP contribution in [0.5, 0.6) is 0 Å². The van der Waals surface area contributed by atoms with Gasteiger partial charge in [0.15, 0.2) is 0 Å². The Morgan fingerprint density at radius 1 is 1.00 bits per heavy atom. The second-order valence-electron chi connectivity index (χ2n) is 7.65. The molecule has 0 unspecified atom stereocenters. The number of nitrogens with zero attached hydrogens (tertiary/aromatic N) is 2. The largest absolute Gasteiger partial charge is 0.294 e. The van der Waals surface area contributed by atoms with Gasteiger partial charge in [0, 0.05) is 10.4 Å². The number of hydrogen-bond acceptors (Lipinski definition) is 3. The van der Waals surface area contributed by atoms with Crippen LogP contribution in [0, 0.1) is 13.8 Å². The van der Waals surface area contributed by atoms with Gasteiger partial charge in [0.1, 0.15) is 4.83 Å². The molecule has 2 aromatic heterocycles. The number of fused-ring (bicyclic) bond motifs is 1. The topological polar surface area (TPSA) is 34.9 Å². The van der Waals surface area contributed by atoms with Crippen molar-refractivity contribution in [2.24, 2.45) is 0 Å². The Balaban J connectivity index is 1.79. The van der Waals surface area contributed by atoms with Gasteiger partial charge in [-0.3, -0.25) is 9.36 Å². The van der Waals surface area contributed by atoms with Gasteiger partial charge in [-0.15, -0.1) is 11.3 Å². The molecule has 4 aromatic rings. The number of thiophene rings is 1. The van der Waals surface area contributed by atoms with Crippen molar-refractivity contribution in [1.29, 1.82) is 0 Å². The quantitative estimate of drug-likeness (QED) is 0.435. The van der Waals surface area contributed by atoms with Gasteiger partial charge in [-0.05, 0) is 36.5 Å². The lowest BCUT2D eigenvalue weighted by Gasteiger charge is -2.09. The second kappa shape index (κ2) is 7.36. The summed E-state index contributed by atoms with van der Waals surface area (Å²) < 4.78 is 1.72. The SMILES string of the molecule is Cc1ccc(-c2c(C)sc3ncn(Cc4ccc(C(C)C)cc4)c(=O)c23)cc1. The summed E-state index contributed by atoms with van der Waals surface area (Å²) in [6.45, 7) is 9.03. The standard InChI is InChI=1S/C24H24N2OS/c1-15(2)19-11-7-18(8-12-19)13-26-14-25-23-22(24(26)27)21(17(4)28-23)20-9-5-16(3)6-10-20/h5-12,14-15H,13H2,1-4H3. The number of benzene rings is 2. The van der Waals surface area contributed by atoms with Crippen LogP contribution >= 0.6 is 11.3 Å². The lowest BCUT2D eigenvalue weighted by Crippen LogP contribution is -2.21. The molecule has 0 N–H and O–H groups in total. The van der Waals surface area contributed by atoms with Crippen molar-refractivity contribution in [2.75, 3.05) is 0 Å². The highest BCUT2D eigenvalue weighted by atomic mass is 32.1. The second-order valence-corrected chi connectivity index (χ2v) is 8.86. The average Bonchev–Trinajstić information content (AvgIpc) is 3.02.